The first-order chi connectivity index (χ1) is 9.28. The Balaban J connectivity index is 2.86. The summed E-state index contributed by atoms with van der Waals surface area (Å²) in [7, 11) is -3.23. The summed E-state index contributed by atoms with van der Waals surface area (Å²) in [5.41, 5.74) is 2.96. The summed E-state index contributed by atoms with van der Waals surface area (Å²) in [6.07, 6.45) is 0. The Morgan fingerprint density at radius 2 is 1.95 bits per heavy atom. The molecule has 6 heteroatoms. The fourth-order valence-electron chi connectivity index (χ4n) is 1.89. The fourth-order valence-corrected chi connectivity index (χ4v) is 2.50. The van der Waals surface area contributed by atoms with Gasteiger partial charge >= 0.3 is 0 Å². The molecule has 0 unspecified atom stereocenters. The van der Waals surface area contributed by atoms with Gasteiger partial charge in [0.15, 0.2) is 0 Å². The number of nitrogens with one attached hydrogen (secondary N) is 1. The number of nitrogens with zero attached hydrogens (tertiary/aromatic N) is 1. The average Bonchev–Trinajstić information content (AvgIpc) is 2.38. The van der Waals surface area contributed by atoms with Crippen LogP contribution in [-0.4, -0.2) is 33.2 Å². The number of carbonyl (C=O) groups excluding carboxylic acids is 1. The minimum absolute atomic E-state index is 0.0382. The number of amides is 1. The van der Waals surface area contributed by atoms with Crippen molar-refractivity contribution in [3.63, 3.8) is 0 Å². The third-order valence-electron chi connectivity index (χ3n) is 3.28. The molecular weight excluding hydrogens is 276 g/mol. The van der Waals surface area contributed by atoms with Gasteiger partial charge < -0.3 is 4.90 Å². The summed E-state index contributed by atoms with van der Waals surface area (Å²) in [4.78, 5) is 13.4. The third kappa shape index (κ3) is 4.31. The number of carbonyl (C=O) groups is 1. The number of aryl methyl sites for hydroxylation is 1. The van der Waals surface area contributed by atoms with Crippen molar-refractivity contribution < 1.29 is 13.2 Å². The normalized spacial score (nSPS) is 11.4. The van der Waals surface area contributed by atoms with Gasteiger partial charge in [0.25, 0.3) is 0 Å². The Morgan fingerprint density at radius 1 is 1.30 bits per heavy atom. The highest BCUT2D eigenvalue weighted by Gasteiger charge is 2.15. The molecule has 0 heterocycles. The van der Waals surface area contributed by atoms with Crippen molar-refractivity contribution in [2.75, 3.05) is 23.7 Å². The first-order valence-corrected chi connectivity index (χ1v) is 8.25. The van der Waals surface area contributed by atoms with E-state index >= 15 is 0 Å². The number of benzene rings is 1. The van der Waals surface area contributed by atoms with E-state index in [1.165, 1.54) is 6.92 Å². The predicted molar refractivity (Wildman–Crippen MR) is 81.4 cm³/mol. The Hall–Kier alpha value is -1.40. The van der Waals surface area contributed by atoms with Crippen molar-refractivity contribution in [3.05, 3.63) is 29.3 Å². The molecule has 0 aliphatic rings. The molecular formula is C14H22N2O3S. The van der Waals surface area contributed by atoms with E-state index in [2.05, 4.69) is 4.72 Å². The standard InChI is InChI=1S/C14H22N2O3S/c1-5-20(18,19)15-9-10-16(13(4)17)14-8-6-7-11(2)12(14)3/h6-8,15H,5,9-10H2,1-4H3. The van der Waals surface area contributed by atoms with Crippen LogP contribution in [0.2, 0.25) is 0 Å². The van der Waals surface area contributed by atoms with E-state index in [1.54, 1.807) is 11.8 Å². The zero-order chi connectivity index (χ0) is 15.3. The summed E-state index contributed by atoms with van der Waals surface area (Å²) in [6.45, 7) is 7.53. The average molecular weight is 298 g/mol. The lowest BCUT2D eigenvalue weighted by Crippen LogP contribution is -2.38. The van der Waals surface area contributed by atoms with Gasteiger partial charge in [-0.05, 0) is 38.0 Å². The van der Waals surface area contributed by atoms with Gasteiger partial charge in [0.1, 0.15) is 0 Å². The molecule has 0 aromatic heterocycles. The summed E-state index contributed by atoms with van der Waals surface area (Å²) in [5.74, 6) is -0.0642. The molecule has 1 rings (SSSR count). The van der Waals surface area contributed by atoms with Gasteiger partial charge in [-0.25, -0.2) is 13.1 Å². The molecule has 0 fully saturated rings. The molecule has 0 aliphatic carbocycles. The first-order valence-electron chi connectivity index (χ1n) is 6.60. The highest BCUT2D eigenvalue weighted by atomic mass is 32.2. The van der Waals surface area contributed by atoms with E-state index in [0.717, 1.165) is 16.8 Å². The van der Waals surface area contributed by atoms with Gasteiger partial charge in [0.05, 0.1) is 5.75 Å². The Morgan fingerprint density at radius 3 is 2.50 bits per heavy atom. The van der Waals surface area contributed by atoms with Crippen LogP contribution >= 0.6 is 0 Å². The van der Waals surface area contributed by atoms with Gasteiger partial charge in [-0.1, -0.05) is 12.1 Å². The number of hydrogen-bond acceptors (Lipinski definition) is 3. The highest BCUT2D eigenvalue weighted by Crippen LogP contribution is 2.22. The minimum atomic E-state index is -3.23. The van der Waals surface area contributed by atoms with E-state index in [-0.39, 0.29) is 18.2 Å². The molecule has 5 nitrogen and oxygen atoms in total. The van der Waals surface area contributed by atoms with Crippen molar-refractivity contribution in [2.24, 2.45) is 0 Å². The SMILES string of the molecule is CCS(=O)(=O)NCCN(C(C)=O)c1cccc(C)c1C. The summed E-state index contributed by atoms with van der Waals surface area (Å²) in [5, 5.41) is 0. The lowest BCUT2D eigenvalue weighted by molar-refractivity contribution is -0.116. The maximum atomic E-state index is 11.8. The number of sulfonamides is 1. The zero-order valence-electron chi connectivity index (χ0n) is 12.4. The molecule has 112 valence electrons. The Bertz CT molecular complexity index is 582. The number of hydrogen-bond donors (Lipinski definition) is 1. The Labute approximate surface area is 121 Å². The maximum absolute atomic E-state index is 11.8. The van der Waals surface area contributed by atoms with Gasteiger partial charge in [-0.3, -0.25) is 4.79 Å². The van der Waals surface area contributed by atoms with Crippen molar-refractivity contribution in [1.82, 2.24) is 4.72 Å². The molecule has 0 aliphatic heterocycles. The lowest BCUT2D eigenvalue weighted by atomic mass is 10.1. The van der Waals surface area contributed by atoms with E-state index in [0.29, 0.717) is 6.54 Å². The summed E-state index contributed by atoms with van der Waals surface area (Å²) >= 11 is 0. The van der Waals surface area contributed by atoms with Crippen LogP contribution in [0.25, 0.3) is 0 Å². The molecule has 1 amide bonds. The van der Waals surface area contributed by atoms with Crippen molar-refractivity contribution in [1.29, 1.82) is 0 Å². The molecule has 0 radical (unpaired) electrons. The molecule has 20 heavy (non-hydrogen) atoms. The number of rotatable bonds is 6. The van der Waals surface area contributed by atoms with Crippen LogP contribution in [0.1, 0.15) is 25.0 Å². The smallest absolute Gasteiger partial charge is 0.223 e. The van der Waals surface area contributed by atoms with Crippen molar-refractivity contribution in [2.45, 2.75) is 27.7 Å². The molecule has 0 saturated heterocycles. The second-order valence-electron chi connectivity index (χ2n) is 4.69. The third-order valence-corrected chi connectivity index (χ3v) is 4.69. The van der Waals surface area contributed by atoms with E-state index in [4.69, 9.17) is 0 Å². The fraction of sp³-hybridized carbons (Fsp3) is 0.500. The van der Waals surface area contributed by atoms with E-state index < -0.39 is 10.0 Å². The molecule has 1 aromatic carbocycles. The van der Waals surface area contributed by atoms with Crippen LogP contribution in [0.4, 0.5) is 5.69 Å². The minimum Gasteiger partial charge on any atom is -0.311 e. The van der Waals surface area contributed by atoms with E-state index in [9.17, 15) is 13.2 Å². The van der Waals surface area contributed by atoms with Crippen LogP contribution in [0.5, 0.6) is 0 Å². The van der Waals surface area contributed by atoms with Crippen molar-refractivity contribution >= 4 is 21.6 Å². The second kappa shape index (κ2) is 6.85. The van der Waals surface area contributed by atoms with Gasteiger partial charge in [-0.15, -0.1) is 0 Å². The Kier molecular flexibility index (Phi) is 5.71. The molecule has 0 saturated carbocycles. The van der Waals surface area contributed by atoms with Crippen LogP contribution < -0.4 is 9.62 Å². The monoisotopic (exact) mass is 298 g/mol. The summed E-state index contributed by atoms with van der Waals surface area (Å²) < 4.78 is 25.3. The predicted octanol–water partition coefficient (Wildman–Crippen LogP) is 1.60. The molecule has 0 spiro atoms. The van der Waals surface area contributed by atoms with E-state index in [1.807, 2.05) is 32.0 Å². The van der Waals surface area contributed by atoms with Crippen LogP contribution in [0, 0.1) is 13.8 Å². The molecule has 0 bridgehead atoms. The lowest BCUT2D eigenvalue weighted by Gasteiger charge is -2.24. The van der Waals surface area contributed by atoms with Crippen LogP contribution in [0.15, 0.2) is 18.2 Å². The van der Waals surface area contributed by atoms with Crippen molar-refractivity contribution in [3.8, 4) is 0 Å². The quantitative estimate of drug-likeness (QED) is 0.867. The molecule has 1 aromatic rings. The first kappa shape index (κ1) is 16.7. The zero-order valence-corrected chi connectivity index (χ0v) is 13.3. The summed E-state index contributed by atoms with van der Waals surface area (Å²) in [6, 6.07) is 5.75. The second-order valence-corrected chi connectivity index (χ2v) is 6.78. The van der Waals surface area contributed by atoms with Gasteiger partial charge in [0.2, 0.25) is 15.9 Å². The van der Waals surface area contributed by atoms with Gasteiger partial charge in [0, 0.05) is 25.7 Å². The largest absolute Gasteiger partial charge is 0.311 e. The molecule has 0 atom stereocenters. The van der Waals surface area contributed by atoms with Crippen LogP contribution in [0.3, 0.4) is 0 Å². The highest BCUT2D eigenvalue weighted by molar-refractivity contribution is 7.89. The molecule has 1 N–H and O–H groups in total. The van der Waals surface area contributed by atoms with Gasteiger partial charge in [-0.2, -0.15) is 0 Å². The number of anilines is 1. The maximum Gasteiger partial charge on any atom is 0.223 e. The topological polar surface area (TPSA) is 66.5 Å². The van der Waals surface area contributed by atoms with Crippen LogP contribution in [-0.2, 0) is 14.8 Å².